The average molecular weight is 410 g/mol. The van der Waals surface area contributed by atoms with Gasteiger partial charge in [-0.1, -0.05) is 24.3 Å². The van der Waals surface area contributed by atoms with E-state index in [2.05, 4.69) is 33.3 Å². The number of allylic oxidation sites excluding steroid dienone is 2. The Bertz CT molecular complexity index is 1330. The summed E-state index contributed by atoms with van der Waals surface area (Å²) in [5.74, 6) is 0.810. The molecule has 0 radical (unpaired) electrons. The molecule has 6 nitrogen and oxygen atoms in total. The van der Waals surface area contributed by atoms with Crippen molar-refractivity contribution >= 4 is 22.5 Å². The van der Waals surface area contributed by atoms with Gasteiger partial charge < -0.3 is 20.0 Å². The first-order valence-corrected chi connectivity index (χ1v) is 10.6. The lowest BCUT2D eigenvalue weighted by molar-refractivity contribution is -0.116. The van der Waals surface area contributed by atoms with Gasteiger partial charge in [-0.2, -0.15) is 4.98 Å². The molecular weight excluding hydrogens is 388 g/mol. The highest BCUT2D eigenvalue weighted by Crippen LogP contribution is 2.46. The summed E-state index contributed by atoms with van der Waals surface area (Å²) in [5, 5.41) is 3.53. The number of benzene rings is 2. The molecule has 4 aromatic rings. The Morgan fingerprint density at radius 3 is 2.90 bits per heavy atom. The molecular formula is C25H22N4O2. The third kappa shape index (κ3) is 2.94. The fraction of sp³-hybridized carbons (Fsp3) is 0.200. The fourth-order valence-electron chi connectivity index (χ4n) is 4.77. The summed E-state index contributed by atoms with van der Waals surface area (Å²) >= 11 is 0. The number of H-pyrrole nitrogens is 2. The summed E-state index contributed by atoms with van der Waals surface area (Å²) in [6, 6.07) is 16.3. The van der Waals surface area contributed by atoms with Crippen molar-refractivity contribution < 1.29 is 9.53 Å². The number of aromatic amines is 2. The van der Waals surface area contributed by atoms with E-state index in [1.165, 1.54) is 0 Å². The van der Waals surface area contributed by atoms with Gasteiger partial charge in [0, 0.05) is 41.1 Å². The topological polar surface area (TPSA) is 82.8 Å². The van der Waals surface area contributed by atoms with Crippen molar-refractivity contribution in [2.45, 2.75) is 32.1 Å². The van der Waals surface area contributed by atoms with Gasteiger partial charge in [0.2, 0.25) is 0 Å². The van der Waals surface area contributed by atoms with E-state index in [9.17, 15) is 4.79 Å². The number of nitrogens with zero attached hydrogens (tertiary/aromatic N) is 1. The lowest BCUT2D eigenvalue weighted by atomic mass is 9.76. The summed E-state index contributed by atoms with van der Waals surface area (Å²) < 4.78 is 6.06. The minimum atomic E-state index is -0.108. The van der Waals surface area contributed by atoms with Crippen LogP contribution in [0.3, 0.4) is 0 Å². The third-order valence-corrected chi connectivity index (χ3v) is 6.21. The van der Waals surface area contributed by atoms with Crippen molar-refractivity contribution in [1.29, 1.82) is 0 Å². The van der Waals surface area contributed by atoms with Crippen LogP contribution in [-0.2, 0) is 4.79 Å². The van der Waals surface area contributed by atoms with Crippen LogP contribution in [0.4, 0.5) is 5.69 Å². The SMILES string of the molecule is Cc1[nH]cc2c1NC1=C(C(=O)CCC1)[C@H]2c1cccc(Oc2nc3ccccc3[nH]2)c1. The number of nitrogens with one attached hydrogen (secondary N) is 3. The van der Waals surface area contributed by atoms with E-state index >= 15 is 0 Å². The number of carbonyl (C=O) groups excluding carboxylic acids is 1. The summed E-state index contributed by atoms with van der Waals surface area (Å²) in [4.78, 5) is 24.0. The van der Waals surface area contributed by atoms with Crippen molar-refractivity contribution in [1.82, 2.24) is 15.0 Å². The van der Waals surface area contributed by atoms with Crippen LogP contribution in [0.2, 0.25) is 0 Å². The van der Waals surface area contributed by atoms with E-state index in [1.54, 1.807) is 0 Å². The van der Waals surface area contributed by atoms with Gasteiger partial charge in [-0.15, -0.1) is 0 Å². The molecule has 2 aromatic heterocycles. The van der Waals surface area contributed by atoms with Crippen LogP contribution in [0.15, 0.2) is 66.0 Å². The normalized spacial score (nSPS) is 18.0. The Morgan fingerprint density at radius 2 is 2.00 bits per heavy atom. The highest BCUT2D eigenvalue weighted by Gasteiger charge is 2.36. The summed E-state index contributed by atoms with van der Waals surface area (Å²) in [5.41, 5.74) is 8.05. The Kier molecular flexibility index (Phi) is 3.99. The minimum absolute atomic E-state index is 0.108. The fourth-order valence-corrected chi connectivity index (χ4v) is 4.77. The summed E-state index contributed by atoms with van der Waals surface area (Å²) in [6.07, 6.45) is 4.41. The van der Waals surface area contributed by atoms with Crippen molar-refractivity contribution in [2.75, 3.05) is 5.32 Å². The predicted octanol–water partition coefficient (Wildman–Crippen LogP) is 5.56. The quantitative estimate of drug-likeness (QED) is 0.413. The minimum Gasteiger partial charge on any atom is -0.426 e. The molecule has 0 fully saturated rings. The van der Waals surface area contributed by atoms with E-state index in [1.807, 2.05) is 48.7 Å². The van der Waals surface area contributed by atoms with Crippen molar-refractivity contribution in [3.8, 4) is 11.8 Å². The number of aryl methyl sites for hydroxylation is 1. The molecule has 0 saturated carbocycles. The number of aromatic nitrogens is 3. The number of imidazole rings is 1. The first-order valence-electron chi connectivity index (χ1n) is 10.6. The van der Waals surface area contributed by atoms with E-state index in [0.29, 0.717) is 18.2 Å². The molecule has 0 saturated heterocycles. The highest BCUT2D eigenvalue weighted by molar-refractivity contribution is 6.01. The van der Waals surface area contributed by atoms with E-state index in [-0.39, 0.29) is 11.7 Å². The van der Waals surface area contributed by atoms with E-state index < -0.39 is 0 Å². The van der Waals surface area contributed by atoms with Crippen LogP contribution < -0.4 is 10.1 Å². The number of Topliss-reactive ketones (excluding diaryl/α,β-unsaturated/α-hetero) is 1. The first-order chi connectivity index (χ1) is 15.2. The van der Waals surface area contributed by atoms with Crippen molar-refractivity contribution in [3.05, 3.63) is 82.8 Å². The maximum Gasteiger partial charge on any atom is 0.300 e. The number of ether oxygens (including phenoxy) is 1. The van der Waals surface area contributed by atoms with Gasteiger partial charge in [-0.3, -0.25) is 4.79 Å². The second kappa shape index (κ2) is 6.87. The second-order valence-electron chi connectivity index (χ2n) is 8.20. The van der Waals surface area contributed by atoms with E-state index in [0.717, 1.165) is 57.7 Å². The lowest BCUT2D eigenvalue weighted by Crippen LogP contribution is -2.26. The summed E-state index contributed by atoms with van der Waals surface area (Å²) in [7, 11) is 0. The Morgan fingerprint density at radius 1 is 1.10 bits per heavy atom. The van der Waals surface area contributed by atoms with Crippen LogP contribution >= 0.6 is 0 Å². The van der Waals surface area contributed by atoms with Gasteiger partial charge >= 0.3 is 0 Å². The second-order valence-corrected chi connectivity index (χ2v) is 8.20. The maximum atomic E-state index is 12.9. The van der Waals surface area contributed by atoms with Gasteiger partial charge in [0.25, 0.3) is 6.01 Å². The molecule has 2 aromatic carbocycles. The number of fused-ring (bicyclic) bond motifs is 2. The number of anilines is 1. The monoisotopic (exact) mass is 410 g/mol. The lowest BCUT2D eigenvalue weighted by Gasteiger charge is -2.32. The first kappa shape index (κ1) is 18.0. The number of hydrogen-bond donors (Lipinski definition) is 3. The van der Waals surface area contributed by atoms with Crippen LogP contribution in [0.5, 0.6) is 11.8 Å². The molecule has 2 aliphatic rings. The molecule has 3 heterocycles. The smallest absolute Gasteiger partial charge is 0.300 e. The maximum absolute atomic E-state index is 12.9. The third-order valence-electron chi connectivity index (χ3n) is 6.21. The van der Waals surface area contributed by atoms with Gasteiger partial charge in [-0.05, 0) is 49.6 Å². The Hall–Kier alpha value is -3.80. The van der Waals surface area contributed by atoms with Crippen molar-refractivity contribution in [2.24, 2.45) is 0 Å². The zero-order valence-corrected chi connectivity index (χ0v) is 17.2. The average Bonchev–Trinajstić information content (AvgIpc) is 3.35. The number of carbonyl (C=O) groups is 1. The Balaban J connectivity index is 1.42. The van der Waals surface area contributed by atoms with Gasteiger partial charge in [0.15, 0.2) is 5.78 Å². The summed E-state index contributed by atoms with van der Waals surface area (Å²) in [6.45, 7) is 2.06. The molecule has 0 bridgehead atoms. The predicted molar refractivity (Wildman–Crippen MR) is 119 cm³/mol. The molecule has 31 heavy (non-hydrogen) atoms. The van der Waals surface area contributed by atoms with Gasteiger partial charge in [0.05, 0.1) is 16.7 Å². The van der Waals surface area contributed by atoms with Crippen LogP contribution in [0.25, 0.3) is 11.0 Å². The zero-order chi connectivity index (χ0) is 20.9. The number of hydrogen-bond acceptors (Lipinski definition) is 4. The van der Waals surface area contributed by atoms with Crippen LogP contribution in [0, 0.1) is 6.92 Å². The molecule has 0 spiro atoms. The van der Waals surface area contributed by atoms with Gasteiger partial charge in [0.1, 0.15) is 5.75 Å². The van der Waals surface area contributed by atoms with E-state index in [4.69, 9.17) is 4.74 Å². The van der Waals surface area contributed by atoms with Crippen molar-refractivity contribution in [3.63, 3.8) is 0 Å². The standard InChI is InChI=1S/C25H22N4O2/c1-14-24-17(13-26-14)22(23-20(27-24)10-5-11-21(23)30)15-6-4-7-16(12-15)31-25-28-18-8-2-3-9-19(18)29-25/h2-4,6-9,12-13,22,26-27H,5,10-11H2,1H3,(H,28,29)/t22-/m0/s1. The number of rotatable bonds is 3. The molecule has 6 heteroatoms. The highest BCUT2D eigenvalue weighted by atomic mass is 16.5. The molecule has 1 aliphatic carbocycles. The van der Waals surface area contributed by atoms with Crippen LogP contribution in [0.1, 0.15) is 42.0 Å². The molecule has 1 aliphatic heterocycles. The Labute approximate surface area is 179 Å². The molecule has 154 valence electrons. The molecule has 3 N–H and O–H groups in total. The number of ketones is 1. The largest absolute Gasteiger partial charge is 0.426 e. The molecule has 1 atom stereocenters. The van der Waals surface area contributed by atoms with Crippen LogP contribution in [-0.4, -0.2) is 20.7 Å². The van der Waals surface area contributed by atoms with Gasteiger partial charge in [-0.25, -0.2) is 0 Å². The zero-order valence-electron chi connectivity index (χ0n) is 17.2. The molecule has 0 unspecified atom stereocenters. The molecule has 6 rings (SSSR count). The molecule has 0 amide bonds. The number of para-hydroxylation sites is 2.